The van der Waals surface area contributed by atoms with Crippen LogP contribution in [-0.2, 0) is 11.2 Å². The lowest BCUT2D eigenvalue weighted by Gasteiger charge is -2.05. The summed E-state index contributed by atoms with van der Waals surface area (Å²) in [6, 6.07) is 6.93. The van der Waals surface area contributed by atoms with Gasteiger partial charge in [-0.3, -0.25) is 15.1 Å². The Balaban J connectivity index is 1.83. The Kier molecular flexibility index (Phi) is 5.16. The number of ketones is 1. The normalized spacial score (nSPS) is 10.9. The standard InChI is InChI=1S/C19H18N8O3/c1-3-21-19(29)23-18-22-15-9-13(12-5-4-6-20-10-12)8-14(27(15)26-18)17-25-24-16(30-17)7-11(2)28/h4-6,8-10H,3,7H2,1-2H3,(H2,21,23,26,29). The SMILES string of the molecule is CCNC(=O)Nc1nc2cc(-c3cccnc3)cc(-c3nnc(CC(C)=O)o3)n2n1. The van der Waals surface area contributed by atoms with Crippen molar-refractivity contribution < 1.29 is 14.0 Å². The number of urea groups is 1. The van der Waals surface area contributed by atoms with Gasteiger partial charge in [0.15, 0.2) is 5.65 Å². The van der Waals surface area contributed by atoms with Crippen LogP contribution < -0.4 is 10.6 Å². The second-order valence-corrected chi connectivity index (χ2v) is 6.44. The highest BCUT2D eigenvalue weighted by Gasteiger charge is 2.18. The number of fused-ring (bicyclic) bond motifs is 1. The summed E-state index contributed by atoms with van der Waals surface area (Å²) in [4.78, 5) is 31.7. The minimum absolute atomic E-state index is 0.0415. The molecule has 0 aliphatic heterocycles. The van der Waals surface area contributed by atoms with E-state index in [0.717, 1.165) is 11.1 Å². The molecule has 0 fully saturated rings. The van der Waals surface area contributed by atoms with Crippen molar-refractivity contribution in [1.82, 2.24) is 35.1 Å². The third kappa shape index (κ3) is 3.99. The molecular weight excluding hydrogens is 388 g/mol. The van der Waals surface area contributed by atoms with E-state index in [2.05, 4.69) is 35.9 Å². The van der Waals surface area contributed by atoms with Crippen molar-refractivity contribution in [2.45, 2.75) is 20.3 Å². The highest BCUT2D eigenvalue weighted by atomic mass is 16.4. The molecule has 4 heterocycles. The molecule has 0 aliphatic carbocycles. The summed E-state index contributed by atoms with van der Waals surface area (Å²) in [7, 11) is 0. The fourth-order valence-electron chi connectivity index (χ4n) is 2.84. The molecule has 0 bridgehead atoms. The van der Waals surface area contributed by atoms with Crippen LogP contribution in [0.2, 0.25) is 0 Å². The first kappa shape index (κ1) is 19.2. The van der Waals surface area contributed by atoms with E-state index in [4.69, 9.17) is 4.42 Å². The molecule has 2 N–H and O–H groups in total. The fraction of sp³-hybridized carbons (Fsp3) is 0.211. The van der Waals surface area contributed by atoms with Gasteiger partial charge in [-0.1, -0.05) is 6.07 Å². The quantitative estimate of drug-likeness (QED) is 0.496. The van der Waals surface area contributed by atoms with Crippen LogP contribution in [0.25, 0.3) is 28.4 Å². The van der Waals surface area contributed by atoms with E-state index < -0.39 is 6.03 Å². The minimum atomic E-state index is -0.413. The number of amides is 2. The van der Waals surface area contributed by atoms with E-state index in [1.165, 1.54) is 11.4 Å². The van der Waals surface area contributed by atoms with Gasteiger partial charge in [0.1, 0.15) is 11.5 Å². The number of nitrogens with one attached hydrogen (secondary N) is 2. The average Bonchev–Trinajstić information content (AvgIpc) is 3.34. The van der Waals surface area contributed by atoms with Crippen LogP contribution in [0.1, 0.15) is 19.7 Å². The molecule has 30 heavy (non-hydrogen) atoms. The Hall–Kier alpha value is -4.15. The second-order valence-electron chi connectivity index (χ2n) is 6.44. The molecule has 4 rings (SSSR count). The van der Waals surface area contributed by atoms with Crippen molar-refractivity contribution in [1.29, 1.82) is 0 Å². The molecule has 4 aromatic rings. The molecule has 11 heteroatoms. The van der Waals surface area contributed by atoms with Crippen molar-refractivity contribution in [3.63, 3.8) is 0 Å². The van der Waals surface area contributed by atoms with E-state index in [9.17, 15) is 9.59 Å². The van der Waals surface area contributed by atoms with Gasteiger partial charge in [-0.05, 0) is 37.6 Å². The van der Waals surface area contributed by atoms with Crippen molar-refractivity contribution in [3.05, 3.63) is 42.5 Å². The van der Waals surface area contributed by atoms with Crippen LogP contribution >= 0.6 is 0 Å². The maximum absolute atomic E-state index is 11.8. The summed E-state index contributed by atoms with van der Waals surface area (Å²) in [5.41, 5.74) is 2.58. The number of rotatable bonds is 6. The molecule has 2 amide bonds. The molecule has 0 aromatic carbocycles. The van der Waals surface area contributed by atoms with Gasteiger partial charge in [0.05, 0.1) is 6.42 Å². The molecule has 0 spiro atoms. The van der Waals surface area contributed by atoms with Crippen molar-refractivity contribution >= 4 is 23.4 Å². The predicted molar refractivity (Wildman–Crippen MR) is 107 cm³/mol. The number of carbonyl (C=O) groups excluding carboxylic acids is 2. The number of carbonyl (C=O) groups is 2. The van der Waals surface area contributed by atoms with Gasteiger partial charge < -0.3 is 9.73 Å². The van der Waals surface area contributed by atoms with Crippen LogP contribution in [0.5, 0.6) is 0 Å². The van der Waals surface area contributed by atoms with E-state index in [-0.39, 0.29) is 29.9 Å². The molecule has 0 saturated carbocycles. The lowest BCUT2D eigenvalue weighted by Crippen LogP contribution is -2.28. The number of Topliss-reactive ketones (excluding diaryl/α,β-unsaturated/α-hetero) is 1. The molecule has 11 nitrogen and oxygen atoms in total. The van der Waals surface area contributed by atoms with Gasteiger partial charge in [0, 0.05) is 24.5 Å². The monoisotopic (exact) mass is 406 g/mol. The Morgan fingerprint density at radius 1 is 1.20 bits per heavy atom. The van der Waals surface area contributed by atoms with E-state index in [1.54, 1.807) is 18.5 Å². The lowest BCUT2D eigenvalue weighted by molar-refractivity contribution is -0.116. The number of hydrogen-bond donors (Lipinski definition) is 2. The van der Waals surface area contributed by atoms with Gasteiger partial charge in [-0.15, -0.1) is 15.3 Å². The number of aromatic nitrogens is 6. The van der Waals surface area contributed by atoms with Crippen molar-refractivity contribution in [2.24, 2.45) is 0 Å². The summed E-state index contributed by atoms with van der Waals surface area (Å²) in [5.74, 6) is 0.414. The fourth-order valence-corrected chi connectivity index (χ4v) is 2.84. The van der Waals surface area contributed by atoms with Gasteiger partial charge in [-0.2, -0.15) is 4.98 Å². The van der Waals surface area contributed by atoms with E-state index in [1.807, 2.05) is 25.1 Å². The minimum Gasteiger partial charge on any atom is -0.419 e. The van der Waals surface area contributed by atoms with E-state index in [0.29, 0.717) is 17.9 Å². The predicted octanol–water partition coefficient (Wildman–Crippen LogP) is 2.11. The van der Waals surface area contributed by atoms with Crippen LogP contribution in [0.15, 0.2) is 41.1 Å². The molecule has 0 radical (unpaired) electrons. The Morgan fingerprint density at radius 3 is 2.80 bits per heavy atom. The van der Waals surface area contributed by atoms with Crippen LogP contribution in [0.4, 0.5) is 10.7 Å². The van der Waals surface area contributed by atoms with Crippen LogP contribution in [-0.4, -0.2) is 48.1 Å². The Bertz CT molecular complexity index is 1220. The number of hydrogen-bond acceptors (Lipinski definition) is 8. The first-order valence-electron chi connectivity index (χ1n) is 9.21. The average molecular weight is 406 g/mol. The van der Waals surface area contributed by atoms with Crippen LogP contribution in [0, 0.1) is 0 Å². The molecule has 152 valence electrons. The summed E-state index contributed by atoms with van der Waals surface area (Å²) in [6.07, 6.45) is 3.44. The van der Waals surface area contributed by atoms with Crippen LogP contribution in [0.3, 0.4) is 0 Å². The Morgan fingerprint density at radius 2 is 2.07 bits per heavy atom. The largest absolute Gasteiger partial charge is 0.419 e. The van der Waals surface area contributed by atoms with Crippen molar-refractivity contribution in [3.8, 4) is 22.7 Å². The summed E-state index contributed by atoms with van der Waals surface area (Å²) < 4.78 is 7.15. The van der Waals surface area contributed by atoms with Gasteiger partial charge >= 0.3 is 6.03 Å². The third-order valence-electron chi connectivity index (χ3n) is 4.08. The zero-order valence-electron chi connectivity index (χ0n) is 16.3. The van der Waals surface area contributed by atoms with Crippen molar-refractivity contribution in [2.75, 3.05) is 11.9 Å². The number of anilines is 1. The maximum atomic E-state index is 11.8. The highest BCUT2D eigenvalue weighted by molar-refractivity contribution is 5.87. The first-order valence-corrected chi connectivity index (χ1v) is 9.21. The van der Waals surface area contributed by atoms with E-state index >= 15 is 0 Å². The smallest absolute Gasteiger partial charge is 0.321 e. The second kappa shape index (κ2) is 8.07. The molecule has 0 aliphatic rings. The number of nitrogens with zero attached hydrogens (tertiary/aromatic N) is 6. The highest BCUT2D eigenvalue weighted by Crippen LogP contribution is 2.27. The van der Waals surface area contributed by atoms with Gasteiger partial charge in [0.25, 0.3) is 11.8 Å². The topological polar surface area (TPSA) is 140 Å². The molecule has 0 unspecified atom stereocenters. The molecule has 0 saturated heterocycles. The summed E-state index contributed by atoms with van der Waals surface area (Å²) in [6.45, 7) is 3.72. The third-order valence-corrected chi connectivity index (χ3v) is 4.08. The zero-order chi connectivity index (χ0) is 21.1. The zero-order valence-corrected chi connectivity index (χ0v) is 16.3. The molecule has 0 atom stereocenters. The maximum Gasteiger partial charge on any atom is 0.321 e. The summed E-state index contributed by atoms with van der Waals surface area (Å²) >= 11 is 0. The first-order chi connectivity index (χ1) is 14.5. The van der Waals surface area contributed by atoms with Gasteiger partial charge in [-0.25, -0.2) is 9.31 Å². The number of pyridine rings is 2. The summed E-state index contributed by atoms with van der Waals surface area (Å²) in [5, 5.41) is 17.5. The van der Waals surface area contributed by atoms with Gasteiger partial charge in [0.2, 0.25) is 5.89 Å². The molecule has 4 aromatic heterocycles. The Labute approximate surface area is 170 Å². The lowest BCUT2D eigenvalue weighted by atomic mass is 10.1. The molecular formula is C19H18N8O3.